The van der Waals surface area contributed by atoms with Crippen molar-refractivity contribution in [3.05, 3.63) is 34.6 Å². The maximum absolute atomic E-state index is 12.2. The lowest BCUT2D eigenvalue weighted by molar-refractivity contribution is -0.158. The Kier molecular flexibility index (Phi) is 3.52. The monoisotopic (exact) mass is 317 g/mol. The number of fused-ring (bicyclic) bond motifs is 2. The predicted octanol–water partition coefficient (Wildman–Crippen LogP) is 1.94. The Morgan fingerprint density at radius 1 is 1.48 bits per heavy atom. The van der Waals surface area contributed by atoms with Crippen molar-refractivity contribution in [1.29, 1.82) is 0 Å². The molecule has 0 spiro atoms. The summed E-state index contributed by atoms with van der Waals surface area (Å²) in [6.07, 6.45) is 3.08. The number of hydrogen-bond acceptors (Lipinski definition) is 4. The summed E-state index contributed by atoms with van der Waals surface area (Å²) >= 11 is 0. The van der Waals surface area contributed by atoms with Crippen LogP contribution in [0.1, 0.15) is 34.1 Å². The number of likely N-dealkylation sites (N-methyl/N-ethyl adjacent to an activating group) is 1. The summed E-state index contributed by atoms with van der Waals surface area (Å²) in [5, 5.41) is 10.4. The molecule has 0 radical (unpaired) electrons. The van der Waals surface area contributed by atoms with Gasteiger partial charge in [0.25, 0.3) is 5.91 Å². The highest BCUT2D eigenvalue weighted by atomic mass is 16.6. The highest BCUT2D eigenvalue weighted by Crippen LogP contribution is 2.54. The first-order chi connectivity index (χ1) is 10.7. The lowest BCUT2D eigenvalue weighted by atomic mass is 9.59. The number of nitrogens with zero attached hydrogens (tertiary/aromatic N) is 1. The van der Waals surface area contributed by atoms with Crippen molar-refractivity contribution in [2.75, 3.05) is 7.05 Å². The van der Waals surface area contributed by atoms with Gasteiger partial charge in [-0.25, -0.2) is 0 Å². The Labute approximate surface area is 136 Å². The third kappa shape index (κ3) is 2.17. The number of ether oxygens (including phenoxy) is 1. The van der Waals surface area contributed by atoms with Crippen LogP contribution in [0.4, 0.5) is 0 Å². The first kappa shape index (κ1) is 16.0. The molecule has 2 aliphatic carbocycles. The fourth-order valence-electron chi connectivity index (χ4n) is 4.04. The van der Waals surface area contributed by atoms with Gasteiger partial charge in [0.05, 0.1) is 0 Å². The molecule has 0 aromatic rings. The molecular formula is C18H23NO4. The molecule has 1 N–H and O–H groups in total. The Balaban J connectivity index is 2.09. The van der Waals surface area contributed by atoms with Gasteiger partial charge in [-0.1, -0.05) is 13.8 Å². The first-order valence-electron chi connectivity index (χ1n) is 7.94. The van der Waals surface area contributed by atoms with Crippen LogP contribution in [-0.4, -0.2) is 41.1 Å². The number of rotatable bonds is 1. The largest absolute Gasteiger partial charge is 0.459 e. The van der Waals surface area contributed by atoms with Crippen LogP contribution in [0.2, 0.25) is 0 Å². The second-order valence-electron chi connectivity index (χ2n) is 7.07. The van der Waals surface area contributed by atoms with Crippen molar-refractivity contribution in [2.24, 2.45) is 11.3 Å². The van der Waals surface area contributed by atoms with Gasteiger partial charge in [0, 0.05) is 36.6 Å². The molecule has 0 saturated heterocycles. The maximum Gasteiger partial charge on any atom is 0.303 e. The van der Waals surface area contributed by atoms with Crippen molar-refractivity contribution in [3.63, 3.8) is 0 Å². The third-order valence-corrected chi connectivity index (χ3v) is 5.73. The molecule has 5 heteroatoms. The minimum Gasteiger partial charge on any atom is -0.459 e. The zero-order valence-electron chi connectivity index (χ0n) is 14.2. The molecule has 0 aromatic carbocycles. The number of esters is 1. The highest BCUT2D eigenvalue weighted by molar-refractivity contribution is 6.00. The van der Waals surface area contributed by atoms with Crippen LogP contribution in [0.15, 0.2) is 34.6 Å². The fraction of sp³-hybridized carbons (Fsp3) is 0.556. The molecule has 0 fully saturated rings. The van der Waals surface area contributed by atoms with E-state index in [1.54, 1.807) is 18.0 Å². The first-order valence-corrected chi connectivity index (χ1v) is 7.94. The zero-order valence-corrected chi connectivity index (χ0v) is 14.2. The van der Waals surface area contributed by atoms with Gasteiger partial charge in [0.15, 0.2) is 0 Å². The van der Waals surface area contributed by atoms with Gasteiger partial charge in [-0.2, -0.15) is 0 Å². The lowest BCUT2D eigenvalue weighted by Gasteiger charge is -2.48. The summed E-state index contributed by atoms with van der Waals surface area (Å²) in [5.74, 6) is -0.418. The minimum atomic E-state index is -0.831. The van der Waals surface area contributed by atoms with Crippen LogP contribution < -0.4 is 0 Å². The normalized spacial score (nSPS) is 36.3. The molecular weight excluding hydrogens is 294 g/mol. The van der Waals surface area contributed by atoms with E-state index in [0.29, 0.717) is 6.42 Å². The van der Waals surface area contributed by atoms with Crippen LogP contribution >= 0.6 is 0 Å². The zero-order chi connectivity index (χ0) is 17.1. The Bertz CT molecular complexity index is 687. The van der Waals surface area contributed by atoms with Crippen molar-refractivity contribution in [2.45, 2.75) is 46.3 Å². The van der Waals surface area contributed by atoms with Crippen molar-refractivity contribution >= 4 is 11.9 Å². The molecule has 1 aliphatic heterocycles. The van der Waals surface area contributed by atoms with Gasteiger partial charge in [-0.3, -0.25) is 9.59 Å². The number of aliphatic hydroxyl groups is 1. The number of hydrogen-bond donors (Lipinski definition) is 1. The topological polar surface area (TPSA) is 66.8 Å². The van der Waals surface area contributed by atoms with Gasteiger partial charge in [-0.05, 0) is 36.6 Å². The Hall–Kier alpha value is -1.88. The van der Waals surface area contributed by atoms with Gasteiger partial charge < -0.3 is 14.7 Å². The summed E-state index contributed by atoms with van der Waals surface area (Å²) < 4.78 is 5.36. The smallest absolute Gasteiger partial charge is 0.303 e. The summed E-state index contributed by atoms with van der Waals surface area (Å²) in [5.41, 5.74) is 3.49. The molecule has 0 bridgehead atoms. The molecule has 5 nitrogen and oxygen atoms in total. The third-order valence-electron chi connectivity index (χ3n) is 5.73. The molecule has 3 rings (SSSR count). The molecule has 0 unspecified atom stereocenters. The van der Waals surface area contributed by atoms with E-state index in [9.17, 15) is 14.7 Å². The van der Waals surface area contributed by atoms with Crippen molar-refractivity contribution < 1.29 is 19.4 Å². The standard InChI is InChI=1S/C18H23NO4/c1-9-13-8-18(4)10(2)16(23-11(3)20)15(21)7-12(18)6-14(13)19(5)17(9)22/h6-7,10,15-16,21H,8H2,1-5H3/t10-,15+,16+,18+/m0/s1. The van der Waals surface area contributed by atoms with Crippen LogP contribution in [0.3, 0.4) is 0 Å². The maximum atomic E-state index is 12.2. The number of aliphatic hydroxyl groups excluding tert-OH is 1. The van der Waals surface area contributed by atoms with E-state index in [0.717, 1.165) is 22.4 Å². The molecule has 1 amide bonds. The average Bonchev–Trinajstić information content (AvgIpc) is 2.68. The minimum absolute atomic E-state index is 0.0267. The SMILES string of the molecule is CC(=O)O[C@H]1[C@H](O)C=C2C=C3C(=C(C)C(=O)N3C)C[C@]2(C)[C@H]1C. The second-order valence-corrected chi connectivity index (χ2v) is 7.07. The summed E-state index contributed by atoms with van der Waals surface area (Å²) in [7, 11) is 1.78. The second kappa shape index (κ2) is 5.06. The summed E-state index contributed by atoms with van der Waals surface area (Å²) in [4.78, 5) is 25.3. The van der Waals surface area contributed by atoms with Crippen LogP contribution in [0, 0.1) is 11.3 Å². The highest BCUT2D eigenvalue weighted by Gasteiger charge is 2.50. The van der Waals surface area contributed by atoms with Crippen LogP contribution in [0.25, 0.3) is 0 Å². The number of allylic oxidation sites excluding steroid dienone is 3. The van der Waals surface area contributed by atoms with Crippen LogP contribution in [0.5, 0.6) is 0 Å². The average molecular weight is 317 g/mol. The quantitative estimate of drug-likeness (QED) is 0.751. The van der Waals surface area contributed by atoms with Crippen molar-refractivity contribution in [3.8, 4) is 0 Å². The molecule has 23 heavy (non-hydrogen) atoms. The number of carbonyl (C=O) groups is 2. The van der Waals surface area contributed by atoms with E-state index >= 15 is 0 Å². The summed E-state index contributed by atoms with van der Waals surface area (Å²) in [6.45, 7) is 7.33. The van der Waals surface area contributed by atoms with E-state index in [1.807, 2.05) is 19.9 Å². The molecule has 0 aromatic heterocycles. The lowest BCUT2D eigenvalue weighted by Crippen LogP contribution is -2.48. The molecule has 124 valence electrons. The van der Waals surface area contributed by atoms with Crippen LogP contribution in [-0.2, 0) is 14.3 Å². The Morgan fingerprint density at radius 3 is 2.74 bits per heavy atom. The van der Waals surface area contributed by atoms with Gasteiger partial charge in [0.1, 0.15) is 12.2 Å². The molecule has 3 aliphatic rings. The Morgan fingerprint density at radius 2 is 2.13 bits per heavy atom. The van der Waals surface area contributed by atoms with Gasteiger partial charge in [-0.15, -0.1) is 0 Å². The van der Waals surface area contributed by atoms with Gasteiger partial charge >= 0.3 is 5.97 Å². The van der Waals surface area contributed by atoms with E-state index in [-0.39, 0.29) is 23.2 Å². The van der Waals surface area contributed by atoms with Crippen molar-refractivity contribution in [1.82, 2.24) is 4.90 Å². The molecule has 1 heterocycles. The van der Waals surface area contributed by atoms with E-state index in [2.05, 4.69) is 6.92 Å². The van der Waals surface area contributed by atoms with E-state index in [4.69, 9.17) is 4.74 Å². The number of amides is 1. The fourth-order valence-corrected chi connectivity index (χ4v) is 4.04. The van der Waals surface area contributed by atoms with E-state index in [1.165, 1.54) is 6.92 Å². The van der Waals surface area contributed by atoms with E-state index < -0.39 is 12.2 Å². The summed E-state index contributed by atoms with van der Waals surface area (Å²) in [6, 6.07) is 0. The number of carbonyl (C=O) groups excluding carboxylic acids is 2. The molecule has 0 saturated carbocycles. The van der Waals surface area contributed by atoms with Gasteiger partial charge in [0.2, 0.25) is 0 Å². The predicted molar refractivity (Wildman–Crippen MR) is 85.1 cm³/mol. The molecule has 4 atom stereocenters.